The van der Waals surface area contributed by atoms with Crippen LogP contribution in [0.3, 0.4) is 0 Å². The molecule has 0 bridgehead atoms. The summed E-state index contributed by atoms with van der Waals surface area (Å²) in [6.07, 6.45) is -0.0787. The molecule has 2 unspecified atom stereocenters. The molecule has 1 rings (SSSR count). The Morgan fingerprint density at radius 2 is 2.22 bits per heavy atom. The van der Waals surface area contributed by atoms with E-state index in [-0.39, 0.29) is 18.0 Å². The Morgan fingerprint density at radius 1 is 1.61 bits per heavy atom. The molecule has 18 heavy (non-hydrogen) atoms. The Kier molecular flexibility index (Phi) is 4.56. The monoisotopic (exact) mass is 257 g/mol. The molecular weight excluding hydrogens is 234 g/mol. The van der Waals surface area contributed by atoms with Crippen molar-refractivity contribution in [2.24, 2.45) is 5.73 Å². The molecule has 1 aliphatic rings. The van der Waals surface area contributed by atoms with Gasteiger partial charge in [0, 0.05) is 31.6 Å². The van der Waals surface area contributed by atoms with Crippen LogP contribution in [-0.2, 0) is 9.53 Å². The topological polar surface area (TPSA) is 84.7 Å². The van der Waals surface area contributed by atoms with Crippen molar-refractivity contribution in [3.8, 4) is 0 Å². The lowest BCUT2D eigenvalue weighted by Gasteiger charge is -2.24. The van der Waals surface area contributed by atoms with E-state index in [1.165, 1.54) is 0 Å². The van der Waals surface area contributed by atoms with E-state index < -0.39 is 11.7 Å². The summed E-state index contributed by atoms with van der Waals surface area (Å²) in [6.45, 7) is 8.27. The Bertz CT molecular complexity index is 325. The second-order valence-corrected chi connectivity index (χ2v) is 5.81. The predicted molar refractivity (Wildman–Crippen MR) is 68.0 cm³/mol. The van der Waals surface area contributed by atoms with Crippen molar-refractivity contribution < 1.29 is 14.3 Å². The molecule has 3 N–H and O–H groups in total. The quantitative estimate of drug-likeness (QED) is 0.769. The average molecular weight is 257 g/mol. The number of rotatable bonds is 3. The van der Waals surface area contributed by atoms with E-state index in [9.17, 15) is 9.59 Å². The van der Waals surface area contributed by atoms with Gasteiger partial charge in [-0.2, -0.15) is 0 Å². The highest BCUT2D eigenvalue weighted by atomic mass is 16.6. The van der Waals surface area contributed by atoms with E-state index in [0.717, 1.165) is 0 Å². The maximum atomic E-state index is 11.5. The summed E-state index contributed by atoms with van der Waals surface area (Å²) in [5, 5.41) is 2.70. The smallest absolute Gasteiger partial charge is 0.407 e. The Labute approximate surface area is 108 Å². The molecule has 6 heteroatoms. The van der Waals surface area contributed by atoms with Crippen LogP contribution in [0.15, 0.2) is 0 Å². The molecule has 104 valence electrons. The first-order chi connectivity index (χ1) is 8.17. The van der Waals surface area contributed by atoms with Gasteiger partial charge in [-0.25, -0.2) is 4.79 Å². The van der Waals surface area contributed by atoms with Gasteiger partial charge in [0.05, 0.1) is 0 Å². The highest BCUT2D eigenvalue weighted by molar-refractivity contribution is 5.79. The highest BCUT2D eigenvalue weighted by Gasteiger charge is 2.28. The van der Waals surface area contributed by atoms with Crippen LogP contribution in [-0.4, -0.2) is 47.7 Å². The van der Waals surface area contributed by atoms with Crippen molar-refractivity contribution in [2.75, 3.05) is 13.1 Å². The van der Waals surface area contributed by atoms with E-state index in [1.807, 2.05) is 6.92 Å². The summed E-state index contributed by atoms with van der Waals surface area (Å²) in [7, 11) is 0. The molecule has 0 spiro atoms. The zero-order valence-corrected chi connectivity index (χ0v) is 11.5. The molecule has 6 nitrogen and oxygen atoms in total. The van der Waals surface area contributed by atoms with Crippen LogP contribution in [0, 0.1) is 0 Å². The van der Waals surface area contributed by atoms with Gasteiger partial charge in [0.15, 0.2) is 0 Å². The number of likely N-dealkylation sites (tertiary alicyclic amines) is 1. The second kappa shape index (κ2) is 5.56. The number of nitrogens with one attached hydrogen (secondary N) is 1. The summed E-state index contributed by atoms with van der Waals surface area (Å²) in [6, 6.07) is -0.250. The van der Waals surface area contributed by atoms with E-state index in [2.05, 4.69) is 5.32 Å². The molecule has 2 atom stereocenters. The minimum absolute atomic E-state index is 0.0420. The van der Waals surface area contributed by atoms with Gasteiger partial charge in [-0.05, 0) is 27.7 Å². The van der Waals surface area contributed by atoms with E-state index >= 15 is 0 Å². The number of carbonyl (C=O) groups excluding carboxylic acids is 2. The van der Waals surface area contributed by atoms with Crippen molar-refractivity contribution in [1.29, 1.82) is 0 Å². The third-order valence-electron chi connectivity index (χ3n) is 2.50. The number of hydrogen-bond donors (Lipinski definition) is 2. The fourth-order valence-corrected chi connectivity index (χ4v) is 1.86. The molecule has 1 fully saturated rings. The first kappa shape index (κ1) is 14.8. The average Bonchev–Trinajstić information content (AvgIpc) is 2.40. The van der Waals surface area contributed by atoms with Crippen LogP contribution < -0.4 is 11.1 Å². The number of nitrogens with zero attached hydrogens (tertiary/aromatic N) is 1. The molecule has 0 aliphatic carbocycles. The second-order valence-electron chi connectivity index (χ2n) is 5.81. The zero-order valence-electron chi connectivity index (χ0n) is 11.5. The summed E-state index contributed by atoms with van der Waals surface area (Å²) >= 11 is 0. The molecule has 1 aliphatic heterocycles. The standard InChI is InChI=1S/C12H23N3O3/c1-8(14-11(17)18-12(2,3)4)6-15-7-9(13)5-10(15)16/h8-9H,5-7,13H2,1-4H3,(H,14,17). The molecule has 1 heterocycles. The number of amides is 2. The summed E-state index contributed by atoms with van der Waals surface area (Å²) in [5.41, 5.74) is 5.18. The summed E-state index contributed by atoms with van der Waals surface area (Å²) < 4.78 is 5.14. The molecule has 0 radical (unpaired) electrons. The number of hydrogen-bond acceptors (Lipinski definition) is 4. The van der Waals surface area contributed by atoms with Gasteiger partial charge >= 0.3 is 6.09 Å². The maximum Gasteiger partial charge on any atom is 0.407 e. The SMILES string of the molecule is CC(CN1CC(N)CC1=O)NC(=O)OC(C)(C)C. The van der Waals surface area contributed by atoms with Crippen molar-refractivity contribution >= 4 is 12.0 Å². The van der Waals surface area contributed by atoms with Gasteiger partial charge in [-0.15, -0.1) is 0 Å². The fraction of sp³-hybridized carbons (Fsp3) is 0.833. The highest BCUT2D eigenvalue weighted by Crippen LogP contribution is 2.10. The van der Waals surface area contributed by atoms with Gasteiger partial charge in [-0.3, -0.25) is 4.79 Å². The molecular formula is C12H23N3O3. The lowest BCUT2D eigenvalue weighted by molar-refractivity contribution is -0.128. The van der Waals surface area contributed by atoms with Crippen LogP contribution >= 0.6 is 0 Å². The lowest BCUT2D eigenvalue weighted by Crippen LogP contribution is -2.44. The van der Waals surface area contributed by atoms with Gasteiger partial charge in [0.1, 0.15) is 5.60 Å². The lowest BCUT2D eigenvalue weighted by atomic mass is 10.2. The third-order valence-corrected chi connectivity index (χ3v) is 2.50. The Morgan fingerprint density at radius 3 is 2.67 bits per heavy atom. The van der Waals surface area contributed by atoms with Crippen molar-refractivity contribution in [2.45, 2.75) is 51.8 Å². The molecule has 0 aromatic carbocycles. The predicted octanol–water partition coefficient (Wildman–Crippen LogP) is 0.459. The number of nitrogens with two attached hydrogens (primary N) is 1. The van der Waals surface area contributed by atoms with Crippen LogP contribution in [0.2, 0.25) is 0 Å². The van der Waals surface area contributed by atoms with Crippen LogP contribution in [0.5, 0.6) is 0 Å². The largest absolute Gasteiger partial charge is 0.444 e. The van der Waals surface area contributed by atoms with E-state index in [0.29, 0.717) is 19.5 Å². The summed E-state index contributed by atoms with van der Waals surface area (Å²) in [4.78, 5) is 24.7. The first-order valence-corrected chi connectivity index (χ1v) is 6.20. The van der Waals surface area contributed by atoms with Crippen LogP contribution in [0.4, 0.5) is 4.79 Å². The Hall–Kier alpha value is -1.30. The minimum atomic E-state index is -0.518. The van der Waals surface area contributed by atoms with Crippen LogP contribution in [0.25, 0.3) is 0 Å². The van der Waals surface area contributed by atoms with Crippen molar-refractivity contribution in [3.05, 3.63) is 0 Å². The van der Waals surface area contributed by atoms with Crippen molar-refractivity contribution in [3.63, 3.8) is 0 Å². The van der Waals surface area contributed by atoms with Gasteiger partial charge in [0.2, 0.25) is 5.91 Å². The normalized spacial score (nSPS) is 21.9. The molecule has 0 aromatic heterocycles. The van der Waals surface area contributed by atoms with Gasteiger partial charge in [0.25, 0.3) is 0 Å². The number of ether oxygens (including phenoxy) is 1. The Balaban J connectivity index is 2.35. The van der Waals surface area contributed by atoms with Crippen molar-refractivity contribution in [1.82, 2.24) is 10.2 Å². The summed E-state index contributed by atoms with van der Waals surface area (Å²) in [5.74, 6) is 0.0420. The third kappa shape index (κ3) is 4.91. The molecule has 2 amide bonds. The van der Waals surface area contributed by atoms with E-state index in [4.69, 9.17) is 10.5 Å². The zero-order chi connectivity index (χ0) is 13.9. The fourth-order valence-electron chi connectivity index (χ4n) is 1.86. The van der Waals surface area contributed by atoms with Crippen LogP contribution in [0.1, 0.15) is 34.1 Å². The molecule has 0 aromatic rings. The van der Waals surface area contributed by atoms with Gasteiger partial charge < -0.3 is 20.7 Å². The minimum Gasteiger partial charge on any atom is -0.444 e. The number of alkyl carbamates (subject to hydrolysis) is 1. The first-order valence-electron chi connectivity index (χ1n) is 6.20. The molecule has 1 saturated heterocycles. The van der Waals surface area contributed by atoms with Gasteiger partial charge in [-0.1, -0.05) is 0 Å². The number of carbonyl (C=O) groups is 2. The molecule has 0 saturated carbocycles. The van der Waals surface area contributed by atoms with E-state index in [1.54, 1.807) is 25.7 Å². The maximum absolute atomic E-state index is 11.5.